The van der Waals surface area contributed by atoms with Crippen molar-refractivity contribution >= 4 is 28.6 Å². The van der Waals surface area contributed by atoms with Gasteiger partial charge in [0.05, 0.1) is 18.8 Å². The van der Waals surface area contributed by atoms with Crippen molar-refractivity contribution in [3.05, 3.63) is 59.9 Å². The number of likely N-dealkylation sites (tertiary alicyclic amines) is 1. The summed E-state index contributed by atoms with van der Waals surface area (Å²) in [4.78, 5) is 30.1. The number of carbonyl (C=O) groups is 1. The summed E-state index contributed by atoms with van der Waals surface area (Å²) in [5.74, 6) is 3.14. The van der Waals surface area contributed by atoms with Crippen LogP contribution in [0, 0.1) is 11.8 Å². The first-order valence-corrected chi connectivity index (χ1v) is 15.0. The first-order valence-electron chi connectivity index (χ1n) is 15.0. The molecule has 7 rings (SSSR count). The predicted octanol–water partition coefficient (Wildman–Crippen LogP) is 3.45. The zero-order valence-corrected chi connectivity index (χ0v) is 23.5. The molecule has 41 heavy (non-hydrogen) atoms. The molecular weight excluding hydrogens is 516 g/mol. The molecule has 3 fully saturated rings. The van der Waals surface area contributed by atoms with E-state index in [-0.39, 0.29) is 5.75 Å². The molecule has 1 aromatic heterocycles. The first kappa shape index (κ1) is 26.1. The Morgan fingerprint density at radius 2 is 1.83 bits per heavy atom. The Morgan fingerprint density at radius 1 is 1.00 bits per heavy atom. The molecule has 3 aliphatic heterocycles. The maximum absolute atomic E-state index is 10.8. The minimum atomic E-state index is 0.272. The molecule has 0 spiro atoms. The van der Waals surface area contributed by atoms with Crippen molar-refractivity contribution in [3.8, 4) is 11.8 Å². The maximum atomic E-state index is 10.8. The highest BCUT2D eigenvalue weighted by Crippen LogP contribution is 2.44. The average molecular weight is 555 g/mol. The highest BCUT2D eigenvalue weighted by atomic mass is 16.5. The molecule has 0 amide bonds. The average Bonchev–Trinajstić information content (AvgIpc) is 3.62. The number of hydrogen-bond acceptors (Lipinski definition) is 9. The number of fused-ring (bicyclic) bond motifs is 3. The van der Waals surface area contributed by atoms with Crippen LogP contribution >= 0.6 is 0 Å². The second kappa shape index (κ2) is 11.2. The number of allylic oxidation sites excluding steroid dienone is 1. The number of carbonyl (C=O) groups excluding carboxylic acids is 1. The molecule has 0 bridgehead atoms. The van der Waals surface area contributed by atoms with Gasteiger partial charge in [0.2, 0.25) is 0 Å². The fraction of sp³-hybridized carbons (Fsp3) is 0.469. The molecule has 1 aliphatic carbocycles. The lowest BCUT2D eigenvalue weighted by molar-refractivity contribution is -0.104. The van der Waals surface area contributed by atoms with Gasteiger partial charge in [-0.15, -0.1) is 0 Å². The van der Waals surface area contributed by atoms with Crippen molar-refractivity contribution < 1.29 is 14.6 Å². The third kappa shape index (κ3) is 5.55. The summed E-state index contributed by atoms with van der Waals surface area (Å²) in [7, 11) is 0. The molecule has 1 saturated carbocycles. The Balaban J connectivity index is 1.12. The normalized spacial score (nSPS) is 22.3. The van der Waals surface area contributed by atoms with Gasteiger partial charge in [0.25, 0.3) is 0 Å². The third-order valence-electron chi connectivity index (χ3n) is 9.08. The zero-order chi connectivity index (χ0) is 27.8. The number of benzene rings is 2. The van der Waals surface area contributed by atoms with Gasteiger partial charge in [0, 0.05) is 81.3 Å². The van der Waals surface area contributed by atoms with Gasteiger partial charge in [-0.3, -0.25) is 4.79 Å². The fourth-order valence-corrected chi connectivity index (χ4v) is 6.83. The van der Waals surface area contributed by atoms with Crippen molar-refractivity contribution in [1.29, 1.82) is 0 Å². The summed E-state index contributed by atoms with van der Waals surface area (Å²) < 4.78 is 6.21. The van der Waals surface area contributed by atoms with Crippen LogP contribution in [0.25, 0.3) is 10.8 Å². The molecule has 3 aromatic rings. The van der Waals surface area contributed by atoms with Crippen LogP contribution in [0.15, 0.2) is 48.7 Å². The molecule has 2 atom stereocenters. The smallest absolute Gasteiger partial charge is 0.318 e. The summed E-state index contributed by atoms with van der Waals surface area (Å²) in [6.07, 6.45) is 7.46. The Morgan fingerprint density at radius 3 is 2.66 bits per heavy atom. The van der Waals surface area contributed by atoms with Crippen LogP contribution in [-0.2, 0) is 17.8 Å². The van der Waals surface area contributed by atoms with Crippen molar-refractivity contribution in [1.82, 2.24) is 19.8 Å². The van der Waals surface area contributed by atoms with Crippen LogP contribution in [0.3, 0.4) is 0 Å². The lowest BCUT2D eigenvalue weighted by atomic mass is 10.0. The number of phenolic OH excluding ortho intramolecular Hbond substituents is 1. The second-order valence-corrected chi connectivity index (χ2v) is 11.8. The molecule has 9 nitrogen and oxygen atoms in total. The highest BCUT2D eigenvalue weighted by Gasteiger charge is 2.44. The van der Waals surface area contributed by atoms with E-state index in [1.165, 1.54) is 25.1 Å². The molecule has 2 unspecified atom stereocenters. The molecule has 4 aliphatic rings. The number of ether oxygens (including phenoxy) is 1. The molecule has 4 heterocycles. The Hall–Kier alpha value is -3.85. The zero-order valence-electron chi connectivity index (χ0n) is 23.5. The number of anilines is 2. The minimum absolute atomic E-state index is 0.272. The van der Waals surface area contributed by atoms with E-state index in [9.17, 15) is 9.90 Å². The van der Waals surface area contributed by atoms with Crippen molar-refractivity contribution in [2.45, 2.75) is 25.8 Å². The van der Waals surface area contributed by atoms with E-state index >= 15 is 0 Å². The maximum Gasteiger partial charge on any atom is 0.318 e. The molecule has 2 saturated heterocycles. The third-order valence-corrected chi connectivity index (χ3v) is 9.08. The molecule has 0 radical (unpaired) electrons. The number of rotatable bonds is 9. The Bertz CT molecular complexity index is 1440. The van der Waals surface area contributed by atoms with E-state index in [1.54, 1.807) is 6.08 Å². The number of aldehydes is 1. The Kier molecular flexibility index (Phi) is 7.12. The van der Waals surface area contributed by atoms with Crippen molar-refractivity contribution in [3.63, 3.8) is 0 Å². The van der Waals surface area contributed by atoms with Gasteiger partial charge in [-0.05, 0) is 48.6 Å². The number of aromatic nitrogens is 2. The van der Waals surface area contributed by atoms with E-state index < -0.39 is 0 Å². The fourth-order valence-electron chi connectivity index (χ4n) is 6.83. The number of aromatic hydroxyl groups is 1. The van der Waals surface area contributed by atoms with Crippen LogP contribution in [0.1, 0.15) is 24.1 Å². The number of phenols is 1. The van der Waals surface area contributed by atoms with Gasteiger partial charge in [-0.2, -0.15) is 9.97 Å². The SMILES string of the molecule is O=CC=CN1CCN(c2nc(OCCCN3CC4CC4C3)nc3c2CCN(c2cc(O)cc4ccccc24)C3)CC1. The number of piperazine rings is 1. The quantitative estimate of drug-likeness (QED) is 0.243. The topological polar surface area (TPSA) is 85.3 Å². The van der Waals surface area contributed by atoms with E-state index in [1.807, 2.05) is 36.5 Å². The van der Waals surface area contributed by atoms with Gasteiger partial charge >= 0.3 is 6.01 Å². The van der Waals surface area contributed by atoms with Gasteiger partial charge in [0.15, 0.2) is 0 Å². The lowest BCUT2D eigenvalue weighted by Crippen LogP contribution is -2.45. The highest BCUT2D eigenvalue weighted by molar-refractivity contribution is 5.95. The minimum Gasteiger partial charge on any atom is -0.508 e. The van der Waals surface area contributed by atoms with E-state index in [2.05, 4.69) is 25.7 Å². The van der Waals surface area contributed by atoms with E-state index in [0.717, 1.165) is 98.2 Å². The second-order valence-electron chi connectivity index (χ2n) is 11.8. The van der Waals surface area contributed by atoms with Crippen LogP contribution in [0.2, 0.25) is 0 Å². The van der Waals surface area contributed by atoms with Gasteiger partial charge in [-0.1, -0.05) is 24.3 Å². The number of nitrogens with zero attached hydrogens (tertiary/aromatic N) is 6. The first-order chi connectivity index (χ1) is 20.1. The van der Waals surface area contributed by atoms with Crippen LogP contribution < -0.4 is 14.5 Å². The summed E-state index contributed by atoms with van der Waals surface area (Å²) in [6.45, 7) is 8.93. The Labute approximate surface area is 241 Å². The van der Waals surface area contributed by atoms with Crippen LogP contribution in [0.4, 0.5) is 11.5 Å². The van der Waals surface area contributed by atoms with Crippen LogP contribution in [-0.4, -0.2) is 90.1 Å². The van der Waals surface area contributed by atoms with Gasteiger partial charge in [0.1, 0.15) is 17.9 Å². The molecule has 1 N–H and O–H groups in total. The molecule has 2 aromatic carbocycles. The van der Waals surface area contributed by atoms with E-state index in [0.29, 0.717) is 19.2 Å². The largest absolute Gasteiger partial charge is 0.508 e. The molecular formula is C32H38N6O3. The summed E-state index contributed by atoms with van der Waals surface area (Å²) >= 11 is 0. The summed E-state index contributed by atoms with van der Waals surface area (Å²) in [5.41, 5.74) is 3.20. The standard InChI is InChI=1S/C32H38N6O3/c39-15-3-8-35-11-13-37(14-12-35)31-28-7-10-38(30-19-26(40)18-23-5-1-2-6-27(23)30)22-29(28)33-32(34-31)41-16-4-9-36-20-24-17-25(24)21-36/h1-3,5-6,8,15,18-19,24-25,40H,4,7,9-14,16-17,20-22H2. The lowest BCUT2D eigenvalue weighted by Gasteiger charge is -2.38. The summed E-state index contributed by atoms with van der Waals surface area (Å²) in [6, 6.07) is 12.3. The van der Waals surface area contributed by atoms with Crippen molar-refractivity contribution in [2.75, 3.05) is 68.8 Å². The molecule has 214 valence electrons. The predicted molar refractivity (Wildman–Crippen MR) is 160 cm³/mol. The van der Waals surface area contributed by atoms with Gasteiger partial charge in [-0.25, -0.2) is 0 Å². The van der Waals surface area contributed by atoms with E-state index in [4.69, 9.17) is 14.7 Å². The van der Waals surface area contributed by atoms with Crippen molar-refractivity contribution in [2.24, 2.45) is 11.8 Å². The monoisotopic (exact) mass is 554 g/mol. The van der Waals surface area contributed by atoms with Gasteiger partial charge < -0.3 is 29.4 Å². The van der Waals surface area contributed by atoms with Crippen LogP contribution in [0.5, 0.6) is 11.8 Å². The summed E-state index contributed by atoms with van der Waals surface area (Å²) in [5, 5.41) is 12.6. The number of hydrogen-bond donors (Lipinski definition) is 1. The molecule has 9 heteroatoms. The number of piperidine rings is 1.